The number of amides is 1. The average Bonchev–Trinajstić information content (AvgIpc) is 3.04. The van der Waals surface area contributed by atoms with Gasteiger partial charge >= 0.3 is 0 Å². The van der Waals surface area contributed by atoms with E-state index in [2.05, 4.69) is 28.0 Å². The normalized spacial score (nSPS) is 14.7. The lowest BCUT2D eigenvalue weighted by molar-refractivity contribution is 0.0959. The van der Waals surface area contributed by atoms with Crippen LogP contribution in [0.2, 0.25) is 0 Å². The Kier molecular flexibility index (Phi) is 6.13. The molecule has 1 amide bonds. The SMILES string of the molecule is CCC/C(=C\NC)NC(=O)c1cccc(N2C=C(CN)CN2)n1. The molecular formula is C16H24N6O. The number of nitrogens with zero attached hydrogens (tertiary/aromatic N) is 2. The first-order valence-corrected chi connectivity index (χ1v) is 7.75. The van der Waals surface area contributed by atoms with Crippen LogP contribution in [0.3, 0.4) is 0 Å². The maximum atomic E-state index is 12.4. The number of aromatic nitrogens is 1. The van der Waals surface area contributed by atoms with Gasteiger partial charge in [-0.1, -0.05) is 19.4 Å². The number of hydrogen-bond donors (Lipinski definition) is 4. The maximum Gasteiger partial charge on any atom is 0.274 e. The summed E-state index contributed by atoms with van der Waals surface area (Å²) in [6.07, 6.45) is 5.45. The number of rotatable bonds is 7. The van der Waals surface area contributed by atoms with Gasteiger partial charge in [0.1, 0.15) is 11.5 Å². The monoisotopic (exact) mass is 316 g/mol. The Morgan fingerprint density at radius 3 is 3.00 bits per heavy atom. The van der Waals surface area contributed by atoms with E-state index < -0.39 is 0 Å². The number of anilines is 1. The molecule has 1 aliphatic heterocycles. The van der Waals surface area contributed by atoms with Crippen LogP contribution in [0.1, 0.15) is 30.3 Å². The molecule has 7 nitrogen and oxygen atoms in total. The summed E-state index contributed by atoms with van der Waals surface area (Å²) in [5, 5.41) is 7.62. The first-order valence-electron chi connectivity index (χ1n) is 7.75. The molecular weight excluding hydrogens is 292 g/mol. The van der Waals surface area contributed by atoms with E-state index in [1.165, 1.54) is 0 Å². The van der Waals surface area contributed by atoms with E-state index in [-0.39, 0.29) is 5.91 Å². The summed E-state index contributed by atoms with van der Waals surface area (Å²) in [7, 11) is 1.81. The van der Waals surface area contributed by atoms with Crippen LogP contribution < -0.4 is 26.8 Å². The Hall–Kier alpha value is -2.38. The van der Waals surface area contributed by atoms with Crippen LogP contribution >= 0.6 is 0 Å². The summed E-state index contributed by atoms with van der Waals surface area (Å²) in [4.78, 5) is 16.8. The molecule has 7 heteroatoms. The fourth-order valence-electron chi connectivity index (χ4n) is 2.24. The van der Waals surface area contributed by atoms with Crippen molar-refractivity contribution in [3.8, 4) is 0 Å². The fourth-order valence-corrected chi connectivity index (χ4v) is 2.24. The lowest BCUT2D eigenvalue weighted by atomic mass is 10.2. The van der Waals surface area contributed by atoms with Gasteiger partial charge in [0.15, 0.2) is 0 Å². The van der Waals surface area contributed by atoms with E-state index >= 15 is 0 Å². The molecule has 1 aromatic rings. The van der Waals surface area contributed by atoms with Gasteiger partial charge in [0.05, 0.1) is 0 Å². The molecule has 0 saturated heterocycles. The van der Waals surface area contributed by atoms with Crippen molar-refractivity contribution in [2.24, 2.45) is 5.73 Å². The minimum absolute atomic E-state index is 0.218. The molecule has 23 heavy (non-hydrogen) atoms. The van der Waals surface area contributed by atoms with Crippen LogP contribution in [0.25, 0.3) is 0 Å². The Morgan fingerprint density at radius 2 is 2.35 bits per heavy atom. The zero-order valence-electron chi connectivity index (χ0n) is 13.6. The summed E-state index contributed by atoms with van der Waals surface area (Å²) >= 11 is 0. The van der Waals surface area contributed by atoms with Crippen LogP contribution in [0, 0.1) is 0 Å². The number of carbonyl (C=O) groups excluding carboxylic acids is 1. The molecule has 0 fully saturated rings. The molecule has 2 heterocycles. The molecule has 5 N–H and O–H groups in total. The van der Waals surface area contributed by atoms with Gasteiger partial charge in [0.2, 0.25) is 0 Å². The minimum Gasteiger partial charge on any atom is -0.393 e. The number of nitrogens with one attached hydrogen (secondary N) is 3. The smallest absolute Gasteiger partial charge is 0.274 e. The number of hydrogen-bond acceptors (Lipinski definition) is 6. The third-order valence-corrected chi connectivity index (χ3v) is 3.38. The summed E-state index contributed by atoms with van der Waals surface area (Å²) in [5.74, 6) is 0.444. The highest BCUT2D eigenvalue weighted by Gasteiger charge is 2.16. The van der Waals surface area contributed by atoms with Crippen molar-refractivity contribution in [1.29, 1.82) is 0 Å². The highest BCUT2D eigenvalue weighted by molar-refractivity contribution is 5.93. The quantitative estimate of drug-likeness (QED) is 0.595. The average molecular weight is 316 g/mol. The molecule has 1 aromatic heterocycles. The van der Waals surface area contributed by atoms with Crippen molar-refractivity contribution in [2.75, 3.05) is 25.1 Å². The molecule has 0 aliphatic carbocycles. The van der Waals surface area contributed by atoms with Crippen LogP contribution in [-0.4, -0.2) is 31.0 Å². The molecule has 0 aromatic carbocycles. The van der Waals surface area contributed by atoms with Crippen molar-refractivity contribution < 1.29 is 4.79 Å². The van der Waals surface area contributed by atoms with Gasteiger partial charge in [-0.05, 0) is 24.1 Å². The second-order valence-corrected chi connectivity index (χ2v) is 5.24. The van der Waals surface area contributed by atoms with Crippen molar-refractivity contribution in [2.45, 2.75) is 19.8 Å². The van der Waals surface area contributed by atoms with Crippen molar-refractivity contribution in [1.82, 2.24) is 21.0 Å². The van der Waals surface area contributed by atoms with Gasteiger partial charge in [-0.3, -0.25) is 9.80 Å². The molecule has 124 valence electrons. The number of allylic oxidation sites excluding steroid dienone is 1. The van der Waals surface area contributed by atoms with Crippen LogP contribution in [0.15, 0.2) is 41.9 Å². The van der Waals surface area contributed by atoms with Crippen LogP contribution in [-0.2, 0) is 0 Å². The third kappa shape index (κ3) is 4.54. The number of nitrogens with two attached hydrogens (primary N) is 1. The topological polar surface area (TPSA) is 95.3 Å². The van der Waals surface area contributed by atoms with Crippen molar-refractivity contribution >= 4 is 11.7 Å². The Bertz CT molecular complexity index is 610. The second-order valence-electron chi connectivity index (χ2n) is 5.24. The molecule has 1 aliphatic rings. The number of pyridine rings is 1. The van der Waals surface area contributed by atoms with E-state index in [1.54, 1.807) is 24.3 Å². The van der Waals surface area contributed by atoms with Crippen molar-refractivity contribution in [3.63, 3.8) is 0 Å². The summed E-state index contributed by atoms with van der Waals surface area (Å²) in [6.45, 7) is 3.26. The van der Waals surface area contributed by atoms with Gasteiger partial charge in [0.25, 0.3) is 5.91 Å². The molecule has 0 radical (unpaired) electrons. The first kappa shape index (κ1) is 17.0. The van der Waals surface area contributed by atoms with Crippen molar-refractivity contribution in [3.05, 3.63) is 47.6 Å². The Morgan fingerprint density at radius 1 is 1.52 bits per heavy atom. The predicted molar refractivity (Wildman–Crippen MR) is 91.4 cm³/mol. The lowest BCUT2D eigenvalue weighted by Crippen LogP contribution is -2.30. The summed E-state index contributed by atoms with van der Waals surface area (Å²) in [5.41, 5.74) is 11.1. The van der Waals surface area contributed by atoms with Gasteiger partial charge < -0.3 is 16.4 Å². The first-order chi connectivity index (χ1) is 11.2. The zero-order valence-corrected chi connectivity index (χ0v) is 13.6. The second kappa shape index (κ2) is 8.30. The minimum atomic E-state index is -0.218. The molecule has 0 saturated carbocycles. The Labute approximate surface area is 136 Å². The molecule has 0 bridgehead atoms. The summed E-state index contributed by atoms with van der Waals surface area (Å²) in [6, 6.07) is 5.36. The molecule has 0 spiro atoms. The van der Waals surface area contributed by atoms with Gasteiger partial charge in [0, 0.05) is 38.2 Å². The van der Waals surface area contributed by atoms with E-state index in [0.29, 0.717) is 24.6 Å². The number of carbonyl (C=O) groups is 1. The largest absolute Gasteiger partial charge is 0.393 e. The van der Waals surface area contributed by atoms with E-state index in [1.807, 2.05) is 18.3 Å². The highest BCUT2D eigenvalue weighted by Crippen LogP contribution is 2.15. The lowest BCUT2D eigenvalue weighted by Gasteiger charge is -2.15. The fraction of sp³-hybridized carbons (Fsp3) is 0.375. The zero-order chi connectivity index (χ0) is 16.7. The molecule has 0 atom stereocenters. The van der Waals surface area contributed by atoms with Gasteiger partial charge in [-0.25, -0.2) is 10.4 Å². The molecule has 0 unspecified atom stereocenters. The third-order valence-electron chi connectivity index (χ3n) is 3.38. The van der Waals surface area contributed by atoms with Gasteiger partial charge in [-0.2, -0.15) is 0 Å². The van der Waals surface area contributed by atoms with E-state index in [4.69, 9.17) is 5.73 Å². The van der Waals surface area contributed by atoms with E-state index in [0.717, 1.165) is 24.1 Å². The predicted octanol–water partition coefficient (Wildman–Crippen LogP) is 0.840. The van der Waals surface area contributed by atoms with E-state index in [9.17, 15) is 4.79 Å². The number of hydrazine groups is 1. The van der Waals surface area contributed by atoms with Gasteiger partial charge in [-0.15, -0.1) is 0 Å². The Balaban J connectivity index is 2.11. The molecule has 2 rings (SSSR count). The maximum absolute atomic E-state index is 12.4. The van der Waals surface area contributed by atoms with Crippen LogP contribution in [0.5, 0.6) is 0 Å². The highest BCUT2D eigenvalue weighted by atomic mass is 16.1. The summed E-state index contributed by atoms with van der Waals surface area (Å²) < 4.78 is 0. The standard InChI is InChI=1S/C16H24N6O/c1-3-5-13(10-18-2)20-16(23)14-6-4-7-15(21-14)22-11-12(8-17)9-19-22/h4,6-7,10-11,18-19H,3,5,8-9,17H2,1-2H3,(H,20,23)/b13-10+. The van der Waals surface area contributed by atoms with Crippen LogP contribution in [0.4, 0.5) is 5.82 Å².